The molecule has 6 heteroatoms. The number of carbonyl (C=O) groups is 1. The van der Waals surface area contributed by atoms with E-state index in [-0.39, 0.29) is 5.91 Å². The number of nitrogens with one attached hydrogen (secondary N) is 2. The van der Waals surface area contributed by atoms with Gasteiger partial charge in [0.1, 0.15) is 0 Å². The van der Waals surface area contributed by atoms with E-state index in [1.54, 1.807) is 7.05 Å². The molecule has 1 saturated heterocycles. The number of carbonyl (C=O) groups excluding carboxylic acids is 1. The largest absolute Gasteiger partial charge is 0.358 e. The van der Waals surface area contributed by atoms with Gasteiger partial charge in [-0.1, -0.05) is 19.9 Å². The molecule has 1 aliphatic heterocycles. The molecule has 2 aromatic heterocycles. The Bertz CT molecular complexity index is 1080. The van der Waals surface area contributed by atoms with Gasteiger partial charge in [0.05, 0.1) is 12.2 Å². The van der Waals surface area contributed by atoms with Gasteiger partial charge in [-0.05, 0) is 74.0 Å². The Labute approximate surface area is 183 Å². The zero-order valence-electron chi connectivity index (χ0n) is 18.8. The number of pyridine rings is 1. The lowest BCUT2D eigenvalue weighted by Gasteiger charge is -2.31. The van der Waals surface area contributed by atoms with Crippen molar-refractivity contribution in [2.24, 2.45) is 0 Å². The lowest BCUT2D eigenvalue weighted by molar-refractivity contribution is -0.122. The highest BCUT2D eigenvalue weighted by atomic mass is 19.1. The number of hydrogen-bond acceptors (Lipinski definition) is 3. The van der Waals surface area contributed by atoms with Crippen LogP contribution < -0.4 is 5.32 Å². The Morgan fingerprint density at radius 3 is 2.65 bits per heavy atom. The molecule has 5 nitrogen and oxygen atoms in total. The number of H-pyrrole nitrogens is 1. The van der Waals surface area contributed by atoms with E-state index >= 15 is 0 Å². The number of halogens is 1. The molecule has 4 rings (SSSR count). The summed E-state index contributed by atoms with van der Waals surface area (Å²) in [7, 11) is 1.68. The number of likely N-dealkylation sites (N-methyl/N-ethyl adjacent to an activating group) is 1. The smallest absolute Gasteiger partial charge is 0.233 e. The molecule has 0 radical (unpaired) electrons. The maximum Gasteiger partial charge on any atom is 0.233 e. The summed E-state index contributed by atoms with van der Waals surface area (Å²) in [6.45, 7) is 8.52. The van der Waals surface area contributed by atoms with Crippen molar-refractivity contribution in [2.75, 3.05) is 26.7 Å². The normalized spacial score (nSPS) is 15.7. The summed E-state index contributed by atoms with van der Waals surface area (Å²) in [5.74, 6) is 0.408. The average molecular weight is 423 g/mol. The van der Waals surface area contributed by atoms with E-state index in [1.165, 1.54) is 22.6 Å². The Hall–Kier alpha value is -2.73. The van der Waals surface area contributed by atoms with E-state index in [4.69, 9.17) is 0 Å². The zero-order chi connectivity index (χ0) is 22.1. The fourth-order valence-electron chi connectivity index (χ4n) is 4.79. The summed E-state index contributed by atoms with van der Waals surface area (Å²) >= 11 is 0. The molecule has 3 aromatic rings. The zero-order valence-corrected chi connectivity index (χ0v) is 18.8. The number of amides is 1. The number of benzene rings is 1. The molecule has 0 atom stereocenters. The van der Waals surface area contributed by atoms with Gasteiger partial charge in [-0.15, -0.1) is 0 Å². The number of aromatic amines is 1. The highest BCUT2D eigenvalue weighted by Crippen LogP contribution is 2.38. The third-order valence-electron chi connectivity index (χ3n) is 6.36. The first-order valence-electron chi connectivity index (χ1n) is 11.1. The minimum Gasteiger partial charge on any atom is -0.358 e. The summed E-state index contributed by atoms with van der Waals surface area (Å²) in [4.78, 5) is 21.3. The summed E-state index contributed by atoms with van der Waals surface area (Å²) in [5, 5.41) is 3.92. The van der Waals surface area contributed by atoms with Gasteiger partial charge in [0.2, 0.25) is 11.9 Å². The van der Waals surface area contributed by atoms with Crippen LogP contribution in [0.5, 0.6) is 0 Å². The third-order valence-corrected chi connectivity index (χ3v) is 6.36. The first-order valence-corrected chi connectivity index (χ1v) is 11.1. The van der Waals surface area contributed by atoms with Crippen LogP contribution >= 0.6 is 0 Å². The molecule has 1 fully saturated rings. The van der Waals surface area contributed by atoms with Crippen LogP contribution in [0, 0.1) is 12.9 Å². The second-order valence-corrected chi connectivity index (χ2v) is 8.92. The predicted molar refractivity (Wildman–Crippen MR) is 123 cm³/mol. The van der Waals surface area contributed by atoms with E-state index in [0.29, 0.717) is 24.1 Å². The van der Waals surface area contributed by atoms with Gasteiger partial charge in [-0.2, -0.15) is 4.39 Å². The van der Waals surface area contributed by atoms with Crippen molar-refractivity contribution in [1.29, 1.82) is 0 Å². The van der Waals surface area contributed by atoms with Gasteiger partial charge < -0.3 is 10.3 Å². The Morgan fingerprint density at radius 1 is 1.26 bits per heavy atom. The van der Waals surface area contributed by atoms with Crippen molar-refractivity contribution in [3.8, 4) is 11.3 Å². The van der Waals surface area contributed by atoms with Gasteiger partial charge in [-0.3, -0.25) is 9.69 Å². The number of likely N-dealkylation sites (tertiary alicyclic amines) is 1. The molecular weight excluding hydrogens is 391 g/mol. The lowest BCUT2D eigenvalue weighted by atomic mass is 9.87. The molecule has 0 bridgehead atoms. The number of rotatable bonds is 5. The van der Waals surface area contributed by atoms with Gasteiger partial charge >= 0.3 is 0 Å². The summed E-state index contributed by atoms with van der Waals surface area (Å²) in [6, 6.07) is 10.1. The van der Waals surface area contributed by atoms with Gasteiger partial charge in [0.15, 0.2) is 0 Å². The van der Waals surface area contributed by atoms with E-state index in [0.717, 1.165) is 42.7 Å². The molecule has 1 amide bonds. The predicted octanol–water partition coefficient (Wildman–Crippen LogP) is 4.73. The molecule has 1 aromatic carbocycles. The minimum atomic E-state index is -0.451. The number of hydrogen-bond donors (Lipinski definition) is 2. The Kier molecular flexibility index (Phi) is 6.10. The van der Waals surface area contributed by atoms with Gasteiger partial charge in [0.25, 0.3) is 0 Å². The highest BCUT2D eigenvalue weighted by Gasteiger charge is 2.23. The fourth-order valence-corrected chi connectivity index (χ4v) is 4.79. The third kappa shape index (κ3) is 4.49. The maximum atomic E-state index is 14.0. The van der Waals surface area contributed by atoms with Gasteiger partial charge in [0, 0.05) is 35.3 Å². The van der Waals surface area contributed by atoms with Crippen LogP contribution in [0.25, 0.3) is 22.2 Å². The number of fused-ring (bicyclic) bond motifs is 1. The van der Waals surface area contributed by atoms with Crippen LogP contribution in [0.4, 0.5) is 4.39 Å². The Morgan fingerprint density at radius 2 is 2.00 bits per heavy atom. The SMILES string of the molecule is CNC(=O)CN1CCC(c2ccc3[nH]c(-c4cc(C)nc(F)c4)c(C(C)C)c3c2)CC1. The number of aryl methyl sites for hydroxylation is 1. The van der Waals surface area contributed by atoms with Gasteiger partial charge in [-0.25, -0.2) is 4.98 Å². The van der Waals surface area contributed by atoms with E-state index < -0.39 is 5.95 Å². The number of aromatic nitrogens is 2. The van der Waals surface area contributed by atoms with Crippen LogP contribution in [-0.4, -0.2) is 47.5 Å². The van der Waals surface area contributed by atoms with Crippen molar-refractivity contribution < 1.29 is 9.18 Å². The number of piperidine rings is 1. The van der Waals surface area contributed by atoms with Crippen molar-refractivity contribution in [3.63, 3.8) is 0 Å². The molecule has 2 N–H and O–H groups in total. The van der Waals surface area contributed by atoms with Crippen LogP contribution in [0.3, 0.4) is 0 Å². The van der Waals surface area contributed by atoms with Crippen molar-refractivity contribution in [1.82, 2.24) is 20.2 Å². The summed E-state index contributed by atoms with van der Waals surface area (Å²) in [6.07, 6.45) is 2.09. The molecule has 31 heavy (non-hydrogen) atoms. The van der Waals surface area contributed by atoms with Crippen LogP contribution in [0.2, 0.25) is 0 Å². The monoisotopic (exact) mass is 422 g/mol. The van der Waals surface area contributed by atoms with E-state index in [2.05, 4.69) is 52.2 Å². The highest BCUT2D eigenvalue weighted by molar-refractivity contribution is 5.92. The molecule has 0 aliphatic carbocycles. The molecule has 1 aliphatic rings. The molecule has 3 heterocycles. The molecule has 164 valence electrons. The summed E-state index contributed by atoms with van der Waals surface area (Å²) < 4.78 is 14.0. The standard InChI is InChI=1S/C25H31FN4O/c1-15(2)24-20-12-18(17-7-9-30(10-8-17)14-23(31)27-4)5-6-21(20)29-25(24)19-11-16(3)28-22(26)13-19/h5-6,11-13,15,17,29H,7-10,14H2,1-4H3,(H,27,31). The second kappa shape index (κ2) is 8.79. The second-order valence-electron chi connectivity index (χ2n) is 8.92. The molecule has 0 unspecified atom stereocenters. The summed E-state index contributed by atoms with van der Waals surface area (Å²) in [5.41, 5.74) is 6.14. The fraction of sp³-hybridized carbons (Fsp3) is 0.440. The van der Waals surface area contributed by atoms with E-state index in [1.807, 2.05) is 13.0 Å². The van der Waals surface area contributed by atoms with Crippen LogP contribution in [0.1, 0.15) is 55.3 Å². The molecule has 0 saturated carbocycles. The van der Waals surface area contributed by atoms with Crippen molar-refractivity contribution >= 4 is 16.8 Å². The average Bonchev–Trinajstić information content (AvgIpc) is 3.12. The van der Waals surface area contributed by atoms with Crippen LogP contribution in [0.15, 0.2) is 30.3 Å². The maximum absolute atomic E-state index is 14.0. The minimum absolute atomic E-state index is 0.0732. The molecule has 0 spiro atoms. The van der Waals surface area contributed by atoms with Crippen LogP contribution in [-0.2, 0) is 4.79 Å². The number of nitrogens with zero attached hydrogens (tertiary/aromatic N) is 2. The van der Waals surface area contributed by atoms with Crippen molar-refractivity contribution in [2.45, 2.75) is 45.4 Å². The topological polar surface area (TPSA) is 61.0 Å². The van der Waals surface area contributed by atoms with Crippen molar-refractivity contribution in [3.05, 3.63) is 53.1 Å². The first-order chi connectivity index (χ1) is 14.9. The quantitative estimate of drug-likeness (QED) is 0.585. The molecular formula is C25H31FN4O. The lowest BCUT2D eigenvalue weighted by Crippen LogP contribution is -2.40. The Balaban J connectivity index is 1.65. The first kappa shape index (κ1) is 21.5. The van der Waals surface area contributed by atoms with E-state index in [9.17, 15) is 9.18 Å².